The van der Waals surface area contributed by atoms with Crippen LogP contribution in [0, 0.1) is 0 Å². The summed E-state index contributed by atoms with van der Waals surface area (Å²) < 4.78 is 3.31. The van der Waals surface area contributed by atoms with E-state index < -0.39 is 5.69 Å². The van der Waals surface area contributed by atoms with E-state index in [2.05, 4.69) is 16.9 Å². The molecule has 0 radical (unpaired) electrons. The van der Waals surface area contributed by atoms with Crippen molar-refractivity contribution >= 4 is 11.2 Å². The standard InChI is InChI=1S/C12H18N4O2/c1-4-6-7-16-8(5-2)13-10-9(16)11(17)14-12(18)15(10)3/h4-7H2,1-3H3,(H,14,17,18). The highest BCUT2D eigenvalue weighted by atomic mass is 16.2. The molecule has 6 heteroatoms. The Kier molecular flexibility index (Phi) is 3.36. The molecule has 0 aromatic carbocycles. The van der Waals surface area contributed by atoms with Gasteiger partial charge in [-0.25, -0.2) is 9.78 Å². The van der Waals surface area contributed by atoms with Crippen LogP contribution < -0.4 is 11.2 Å². The third-order valence-corrected chi connectivity index (χ3v) is 3.14. The van der Waals surface area contributed by atoms with E-state index in [-0.39, 0.29) is 5.56 Å². The number of H-pyrrole nitrogens is 1. The minimum absolute atomic E-state index is 0.351. The number of aromatic nitrogens is 4. The van der Waals surface area contributed by atoms with Gasteiger partial charge in [-0.15, -0.1) is 0 Å². The van der Waals surface area contributed by atoms with Crippen LogP contribution in [0.1, 0.15) is 32.5 Å². The van der Waals surface area contributed by atoms with E-state index in [1.165, 1.54) is 4.57 Å². The highest BCUT2D eigenvalue weighted by Gasteiger charge is 2.15. The molecule has 0 aliphatic rings. The maximum absolute atomic E-state index is 11.9. The van der Waals surface area contributed by atoms with E-state index in [0.29, 0.717) is 11.2 Å². The third-order valence-electron chi connectivity index (χ3n) is 3.14. The molecule has 0 aliphatic heterocycles. The van der Waals surface area contributed by atoms with Crippen molar-refractivity contribution in [3.05, 3.63) is 26.7 Å². The molecule has 0 aliphatic carbocycles. The monoisotopic (exact) mass is 250 g/mol. The first kappa shape index (κ1) is 12.6. The SMILES string of the molecule is CCCCn1c(CC)nc2c1c(=O)[nH]c(=O)n2C. The molecule has 0 saturated carbocycles. The number of aromatic amines is 1. The second-order valence-corrected chi connectivity index (χ2v) is 4.38. The molecule has 0 saturated heterocycles. The van der Waals surface area contributed by atoms with Gasteiger partial charge >= 0.3 is 5.69 Å². The summed E-state index contributed by atoms with van der Waals surface area (Å²) in [6.07, 6.45) is 2.78. The van der Waals surface area contributed by atoms with Crippen LogP contribution in [-0.2, 0) is 20.0 Å². The molecular formula is C12H18N4O2. The van der Waals surface area contributed by atoms with E-state index in [1.54, 1.807) is 7.05 Å². The van der Waals surface area contributed by atoms with Gasteiger partial charge in [0, 0.05) is 20.0 Å². The number of fused-ring (bicyclic) bond motifs is 1. The Morgan fingerprint density at radius 1 is 1.28 bits per heavy atom. The number of aryl methyl sites for hydroxylation is 3. The van der Waals surface area contributed by atoms with Crippen molar-refractivity contribution in [2.45, 2.75) is 39.7 Å². The molecule has 2 aromatic heterocycles. The summed E-state index contributed by atoms with van der Waals surface area (Å²) in [6, 6.07) is 0. The lowest BCUT2D eigenvalue weighted by Gasteiger charge is -2.06. The van der Waals surface area contributed by atoms with Gasteiger partial charge in [0.25, 0.3) is 5.56 Å². The first-order valence-electron chi connectivity index (χ1n) is 6.28. The van der Waals surface area contributed by atoms with Crippen LogP contribution in [0.2, 0.25) is 0 Å². The van der Waals surface area contributed by atoms with Gasteiger partial charge in [0.2, 0.25) is 0 Å². The Labute approximate surface area is 104 Å². The predicted molar refractivity (Wildman–Crippen MR) is 69.9 cm³/mol. The highest BCUT2D eigenvalue weighted by Crippen LogP contribution is 2.12. The van der Waals surface area contributed by atoms with Crippen molar-refractivity contribution in [2.75, 3.05) is 0 Å². The van der Waals surface area contributed by atoms with Crippen molar-refractivity contribution in [1.82, 2.24) is 19.1 Å². The first-order valence-corrected chi connectivity index (χ1v) is 6.28. The van der Waals surface area contributed by atoms with Gasteiger partial charge in [0.1, 0.15) is 5.82 Å². The van der Waals surface area contributed by atoms with Crippen LogP contribution in [0.5, 0.6) is 0 Å². The minimum atomic E-state index is -0.421. The number of nitrogens with one attached hydrogen (secondary N) is 1. The maximum Gasteiger partial charge on any atom is 0.329 e. The summed E-state index contributed by atoms with van der Waals surface area (Å²) in [4.78, 5) is 30.2. The van der Waals surface area contributed by atoms with Crippen molar-refractivity contribution in [1.29, 1.82) is 0 Å². The third kappa shape index (κ3) is 1.87. The fourth-order valence-electron chi connectivity index (χ4n) is 2.11. The maximum atomic E-state index is 11.9. The number of imidazole rings is 1. The lowest BCUT2D eigenvalue weighted by atomic mass is 10.3. The molecule has 0 spiro atoms. The van der Waals surface area contributed by atoms with Gasteiger partial charge in [0.05, 0.1) is 0 Å². The minimum Gasteiger partial charge on any atom is -0.322 e. The quantitative estimate of drug-likeness (QED) is 0.871. The Morgan fingerprint density at radius 3 is 2.61 bits per heavy atom. The predicted octanol–water partition coefficient (Wildman–Crippen LogP) is 0.786. The smallest absolute Gasteiger partial charge is 0.322 e. The second-order valence-electron chi connectivity index (χ2n) is 4.38. The van der Waals surface area contributed by atoms with Gasteiger partial charge in [0.15, 0.2) is 11.2 Å². The van der Waals surface area contributed by atoms with Crippen LogP contribution in [0.4, 0.5) is 0 Å². The van der Waals surface area contributed by atoms with Crippen LogP contribution in [0.3, 0.4) is 0 Å². The Hall–Kier alpha value is -1.85. The number of rotatable bonds is 4. The van der Waals surface area contributed by atoms with E-state index >= 15 is 0 Å². The van der Waals surface area contributed by atoms with Gasteiger partial charge in [-0.1, -0.05) is 20.3 Å². The van der Waals surface area contributed by atoms with Crippen molar-refractivity contribution < 1.29 is 0 Å². The van der Waals surface area contributed by atoms with Crippen molar-refractivity contribution in [3.63, 3.8) is 0 Å². The molecule has 0 unspecified atom stereocenters. The Morgan fingerprint density at radius 2 is 2.00 bits per heavy atom. The van der Waals surface area contributed by atoms with Crippen molar-refractivity contribution in [3.8, 4) is 0 Å². The van der Waals surface area contributed by atoms with Crippen LogP contribution in [0.25, 0.3) is 11.2 Å². The molecule has 98 valence electrons. The Balaban J connectivity index is 2.78. The highest BCUT2D eigenvalue weighted by molar-refractivity contribution is 5.70. The molecule has 0 atom stereocenters. The molecule has 0 fully saturated rings. The normalized spacial score (nSPS) is 11.3. The van der Waals surface area contributed by atoms with Crippen molar-refractivity contribution in [2.24, 2.45) is 7.05 Å². The van der Waals surface area contributed by atoms with Crippen LogP contribution >= 0.6 is 0 Å². The largest absolute Gasteiger partial charge is 0.329 e. The average Bonchev–Trinajstić information content (AvgIpc) is 2.72. The zero-order chi connectivity index (χ0) is 13.3. The summed E-state index contributed by atoms with van der Waals surface area (Å²) in [5.74, 6) is 0.852. The molecular weight excluding hydrogens is 232 g/mol. The van der Waals surface area contributed by atoms with Crippen LogP contribution in [-0.4, -0.2) is 19.1 Å². The van der Waals surface area contributed by atoms with Gasteiger partial charge < -0.3 is 4.57 Å². The number of hydrogen-bond acceptors (Lipinski definition) is 3. The topological polar surface area (TPSA) is 72.7 Å². The molecule has 2 rings (SSSR count). The van der Waals surface area contributed by atoms with Gasteiger partial charge in [-0.3, -0.25) is 14.3 Å². The summed E-state index contributed by atoms with van der Waals surface area (Å²) in [5, 5.41) is 0. The summed E-state index contributed by atoms with van der Waals surface area (Å²) in [6.45, 7) is 4.86. The number of hydrogen-bond donors (Lipinski definition) is 1. The average molecular weight is 250 g/mol. The molecule has 6 nitrogen and oxygen atoms in total. The molecule has 2 aromatic rings. The van der Waals surface area contributed by atoms with E-state index in [1.807, 2.05) is 11.5 Å². The summed E-state index contributed by atoms with van der Waals surface area (Å²) in [5.41, 5.74) is 0.200. The van der Waals surface area contributed by atoms with Gasteiger partial charge in [-0.2, -0.15) is 0 Å². The van der Waals surface area contributed by atoms with E-state index in [4.69, 9.17) is 0 Å². The fraction of sp³-hybridized carbons (Fsp3) is 0.583. The molecule has 0 bridgehead atoms. The second kappa shape index (κ2) is 4.80. The molecule has 0 amide bonds. The molecule has 1 N–H and O–H groups in total. The van der Waals surface area contributed by atoms with E-state index in [9.17, 15) is 9.59 Å². The number of unbranched alkanes of at least 4 members (excludes halogenated alkanes) is 1. The van der Waals surface area contributed by atoms with E-state index in [0.717, 1.165) is 31.6 Å². The summed E-state index contributed by atoms with van der Waals surface area (Å²) >= 11 is 0. The zero-order valence-electron chi connectivity index (χ0n) is 11.0. The molecule has 18 heavy (non-hydrogen) atoms. The Bertz CT molecular complexity index is 678. The fourth-order valence-corrected chi connectivity index (χ4v) is 2.11. The summed E-state index contributed by atoms with van der Waals surface area (Å²) in [7, 11) is 1.62. The first-order chi connectivity index (χ1) is 8.60. The lowest BCUT2D eigenvalue weighted by Crippen LogP contribution is -2.29. The lowest BCUT2D eigenvalue weighted by molar-refractivity contribution is 0.618. The molecule has 2 heterocycles. The van der Waals surface area contributed by atoms with Gasteiger partial charge in [-0.05, 0) is 6.42 Å². The van der Waals surface area contributed by atoms with Crippen LogP contribution in [0.15, 0.2) is 9.59 Å². The zero-order valence-corrected chi connectivity index (χ0v) is 11.0. The number of nitrogens with zero attached hydrogens (tertiary/aromatic N) is 3.